The Hall–Kier alpha value is -3.52. The molecule has 4 heterocycles. The Kier molecular flexibility index (Phi) is 8.94. The molecule has 0 N–H and O–H groups in total. The molecule has 0 spiro atoms. The van der Waals surface area contributed by atoms with Gasteiger partial charge in [-0.25, -0.2) is 4.98 Å². The van der Waals surface area contributed by atoms with Crippen LogP contribution < -0.4 is 14.7 Å². The molecule has 1 aromatic heterocycles. The van der Waals surface area contributed by atoms with E-state index >= 15 is 0 Å². The van der Waals surface area contributed by atoms with Gasteiger partial charge in [0.25, 0.3) is 0 Å². The predicted molar refractivity (Wildman–Crippen MR) is 162 cm³/mol. The van der Waals surface area contributed by atoms with Gasteiger partial charge in [0.1, 0.15) is 11.9 Å². The van der Waals surface area contributed by atoms with E-state index in [2.05, 4.69) is 61.2 Å². The Labute approximate surface area is 238 Å². The number of morpholine rings is 1. The average molecular weight is 544 g/mol. The van der Waals surface area contributed by atoms with Crippen molar-refractivity contribution < 1.29 is 4.74 Å². The Morgan fingerprint density at radius 3 is 2.50 bits per heavy atom. The van der Waals surface area contributed by atoms with Crippen LogP contribution in [0.3, 0.4) is 0 Å². The van der Waals surface area contributed by atoms with E-state index in [1.807, 2.05) is 43.5 Å². The van der Waals surface area contributed by atoms with Crippen molar-refractivity contribution in [2.75, 3.05) is 93.7 Å². The molecule has 10 nitrogen and oxygen atoms in total. The monoisotopic (exact) mass is 543 g/mol. The van der Waals surface area contributed by atoms with Crippen molar-refractivity contribution in [3.05, 3.63) is 41.6 Å². The summed E-state index contributed by atoms with van der Waals surface area (Å²) in [7, 11) is 2.16. The number of hydrogen-bond acceptors (Lipinski definition) is 10. The molecule has 3 fully saturated rings. The Morgan fingerprint density at radius 2 is 1.80 bits per heavy atom. The van der Waals surface area contributed by atoms with E-state index < -0.39 is 0 Å². The van der Waals surface area contributed by atoms with Crippen LogP contribution in [0.25, 0.3) is 6.08 Å². The maximum atomic E-state index is 9.57. The minimum atomic E-state index is 0.0902. The molecule has 3 aliphatic heterocycles. The first-order chi connectivity index (χ1) is 19.5. The molecule has 5 rings (SSSR count). The number of anilines is 3. The van der Waals surface area contributed by atoms with E-state index in [9.17, 15) is 5.26 Å². The molecule has 2 atom stereocenters. The van der Waals surface area contributed by atoms with Gasteiger partial charge in [-0.05, 0) is 45.8 Å². The number of rotatable bonds is 7. The highest BCUT2D eigenvalue weighted by atomic mass is 16.5. The molecule has 0 unspecified atom stereocenters. The van der Waals surface area contributed by atoms with Crippen LogP contribution >= 0.6 is 0 Å². The largest absolute Gasteiger partial charge is 0.370 e. The summed E-state index contributed by atoms with van der Waals surface area (Å²) in [6, 6.07) is 8.17. The van der Waals surface area contributed by atoms with Gasteiger partial charge in [-0.3, -0.25) is 9.89 Å². The van der Waals surface area contributed by atoms with Crippen molar-refractivity contribution in [2.45, 2.75) is 26.1 Å². The molecule has 3 aliphatic rings. The smallest absolute Gasteiger partial charge is 0.227 e. The molecule has 0 radical (unpaired) electrons. The highest BCUT2D eigenvalue weighted by Crippen LogP contribution is 2.35. The van der Waals surface area contributed by atoms with E-state index in [0.29, 0.717) is 11.3 Å². The van der Waals surface area contributed by atoms with E-state index in [1.54, 1.807) is 0 Å². The van der Waals surface area contributed by atoms with Crippen molar-refractivity contribution in [3.8, 4) is 6.07 Å². The molecule has 10 heteroatoms. The average Bonchev–Trinajstić information content (AvgIpc) is 2.97. The zero-order valence-electron chi connectivity index (χ0n) is 24.0. The molecule has 40 heavy (non-hydrogen) atoms. The molecular formula is C30H41N9O. The second-order valence-corrected chi connectivity index (χ2v) is 10.9. The number of aliphatic imine (C=N–C) groups is 1. The molecular weight excluding hydrogens is 502 g/mol. The van der Waals surface area contributed by atoms with Crippen LogP contribution in [0.2, 0.25) is 0 Å². The molecule has 212 valence electrons. The SMILES string of the molecule is C=Nc1c(C#N)ccc(N2C[C@H](CN3CCN(c4ccnc(N5CCN(C)CC5)n4)CC3)O[C@H](C)C2)c1/C=C\C. The van der Waals surface area contributed by atoms with Gasteiger partial charge in [0.2, 0.25) is 5.95 Å². The Balaban J connectivity index is 1.21. The fraction of sp³-hybridized carbons (Fsp3) is 0.533. The van der Waals surface area contributed by atoms with Gasteiger partial charge in [-0.1, -0.05) is 12.2 Å². The number of piperazine rings is 2. The maximum Gasteiger partial charge on any atom is 0.227 e. The Bertz CT molecular complexity index is 1240. The minimum absolute atomic E-state index is 0.0902. The second kappa shape index (κ2) is 12.8. The van der Waals surface area contributed by atoms with Crippen LogP contribution in [-0.2, 0) is 4.74 Å². The highest BCUT2D eigenvalue weighted by molar-refractivity contribution is 5.82. The van der Waals surface area contributed by atoms with E-state index in [-0.39, 0.29) is 12.2 Å². The first kappa shape index (κ1) is 28.0. The number of hydrogen-bond donors (Lipinski definition) is 0. The molecule has 1 aromatic carbocycles. The van der Waals surface area contributed by atoms with Gasteiger partial charge >= 0.3 is 0 Å². The number of likely N-dealkylation sites (N-methyl/N-ethyl adjacent to an activating group) is 1. The fourth-order valence-corrected chi connectivity index (χ4v) is 5.93. The van der Waals surface area contributed by atoms with Crippen molar-refractivity contribution in [2.24, 2.45) is 4.99 Å². The van der Waals surface area contributed by atoms with Gasteiger partial charge < -0.3 is 24.3 Å². The summed E-state index contributed by atoms with van der Waals surface area (Å²) in [6.07, 6.45) is 6.10. The lowest BCUT2D eigenvalue weighted by Gasteiger charge is -2.42. The predicted octanol–water partition coefficient (Wildman–Crippen LogP) is 2.88. The lowest BCUT2D eigenvalue weighted by molar-refractivity contribution is -0.0328. The summed E-state index contributed by atoms with van der Waals surface area (Å²) in [4.78, 5) is 25.6. The number of aromatic nitrogens is 2. The van der Waals surface area contributed by atoms with Crippen molar-refractivity contribution in [3.63, 3.8) is 0 Å². The normalized spacial score (nSPS) is 23.0. The van der Waals surface area contributed by atoms with Gasteiger partial charge in [-0.2, -0.15) is 10.2 Å². The van der Waals surface area contributed by atoms with E-state index in [0.717, 1.165) is 95.0 Å². The van der Waals surface area contributed by atoms with Gasteiger partial charge in [0, 0.05) is 89.4 Å². The first-order valence-corrected chi connectivity index (χ1v) is 14.3. The van der Waals surface area contributed by atoms with Crippen LogP contribution in [0.5, 0.6) is 0 Å². The number of nitriles is 1. The van der Waals surface area contributed by atoms with Crippen molar-refractivity contribution in [1.82, 2.24) is 19.8 Å². The molecule has 2 aromatic rings. The highest BCUT2D eigenvalue weighted by Gasteiger charge is 2.30. The summed E-state index contributed by atoms with van der Waals surface area (Å²) in [5.41, 5.74) is 3.20. The van der Waals surface area contributed by atoms with Crippen molar-refractivity contribution >= 4 is 35.9 Å². The molecule has 0 bridgehead atoms. The van der Waals surface area contributed by atoms with Gasteiger partial charge in [-0.15, -0.1) is 0 Å². The van der Waals surface area contributed by atoms with E-state index in [4.69, 9.17) is 9.72 Å². The number of benzene rings is 1. The third kappa shape index (κ3) is 6.28. The van der Waals surface area contributed by atoms with Crippen molar-refractivity contribution in [1.29, 1.82) is 5.26 Å². The topological polar surface area (TPSA) is 87.4 Å². The summed E-state index contributed by atoms with van der Waals surface area (Å²) >= 11 is 0. The quantitative estimate of drug-likeness (QED) is 0.489. The minimum Gasteiger partial charge on any atom is -0.370 e. The van der Waals surface area contributed by atoms with Crippen LogP contribution in [0.4, 0.5) is 23.1 Å². The second-order valence-electron chi connectivity index (χ2n) is 10.9. The summed E-state index contributed by atoms with van der Waals surface area (Å²) in [5.74, 6) is 1.86. The maximum absolute atomic E-state index is 9.57. The summed E-state index contributed by atoms with van der Waals surface area (Å²) in [6.45, 7) is 18.1. The fourth-order valence-electron chi connectivity index (χ4n) is 5.93. The molecule has 3 saturated heterocycles. The third-order valence-electron chi connectivity index (χ3n) is 8.05. The molecule has 0 saturated carbocycles. The lowest BCUT2D eigenvalue weighted by Crippen LogP contribution is -2.54. The summed E-state index contributed by atoms with van der Waals surface area (Å²) < 4.78 is 6.41. The number of ether oxygens (including phenoxy) is 1. The Morgan fingerprint density at radius 1 is 1.05 bits per heavy atom. The molecule has 0 aliphatic carbocycles. The third-order valence-corrected chi connectivity index (χ3v) is 8.05. The lowest BCUT2D eigenvalue weighted by atomic mass is 10.0. The van der Waals surface area contributed by atoms with Crippen LogP contribution in [0, 0.1) is 11.3 Å². The van der Waals surface area contributed by atoms with Gasteiger partial charge in [0.05, 0.1) is 23.5 Å². The molecule has 0 amide bonds. The standard InChI is InChI=1S/C30H41N9O/c1-5-6-26-27(8-7-24(19-31)29(26)32-3)39-20-23(2)40-25(22-39)21-36-13-17-37(18-14-36)28-9-10-33-30(34-28)38-15-11-35(4)12-16-38/h5-10,23,25H,3,11-18,20-22H2,1-2,4H3/b6-5-/t23-,25+/m1/s1. The van der Waals surface area contributed by atoms with Crippen LogP contribution in [0.1, 0.15) is 25.0 Å². The zero-order chi connectivity index (χ0) is 28.1. The van der Waals surface area contributed by atoms with E-state index in [1.165, 1.54) is 0 Å². The van der Waals surface area contributed by atoms with Crippen LogP contribution in [-0.4, -0.2) is 118 Å². The number of allylic oxidation sites excluding steroid dienone is 1. The van der Waals surface area contributed by atoms with Gasteiger partial charge in [0.15, 0.2) is 0 Å². The first-order valence-electron chi connectivity index (χ1n) is 14.3. The van der Waals surface area contributed by atoms with Crippen LogP contribution in [0.15, 0.2) is 35.5 Å². The zero-order valence-corrected chi connectivity index (χ0v) is 24.0. The number of nitrogens with zero attached hydrogens (tertiary/aromatic N) is 9. The summed E-state index contributed by atoms with van der Waals surface area (Å²) in [5, 5.41) is 9.57.